The zero-order valence-electron chi connectivity index (χ0n) is 12.6. The van der Waals surface area contributed by atoms with Gasteiger partial charge in [0.1, 0.15) is 0 Å². The van der Waals surface area contributed by atoms with E-state index in [2.05, 4.69) is 15.0 Å². The van der Waals surface area contributed by atoms with Crippen LogP contribution in [0.3, 0.4) is 0 Å². The van der Waals surface area contributed by atoms with Gasteiger partial charge in [0.05, 0.1) is 4.90 Å². The Labute approximate surface area is 129 Å². The summed E-state index contributed by atoms with van der Waals surface area (Å²) >= 11 is 1.68. The van der Waals surface area contributed by atoms with Crippen LogP contribution < -0.4 is 10.0 Å². The summed E-state index contributed by atoms with van der Waals surface area (Å²) in [4.78, 5) is 5.56. The van der Waals surface area contributed by atoms with Crippen molar-refractivity contribution in [2.24, 2.45) is 0 Å². The predicted octanol–water partition coefficient (Wildman–Crippen LogP) is 2.45. The third-order valence-corrected chi connectivity index (χ3v) is 5.77. The van der Waals surface area contributed by atoms with Crippen molar-refractivity contribution in [3.05, 3.63) is 39.3 Å². The Morgan fingerprint density at radius 3 is 2.62 bits per heavy atom. The highest BCUT2D eigenvalue weighted by molar-refractivity contribution is 7.89. The van der Waals surface area contributed by atoms with E-state index in [-0.39, 0.29) is 10.9 Å². The quantitative estimate of drug-likeness (QED) is 0.763. The molecule has 0 radical (unpaired) electrons. The van der Waals surface area contributed by atoms with Gasteiger partial charge in [-0.1, -0.05) is 0 Å². The second-order valence-electron chi connectivity index (χ2n) is 5.10. The lowest BCUT2D eigenvalue weighted by Gasteiger charge is -2.13. The number of H-pyrrole nitrogens is 1. The average Bonchev–Trinajstić information content (AvgIpc) is 2.96. The number of thiophene rings is 1. The van der Waals surface area contributed by atoms with Crippen LogP contribution in [0, 0.1) is 13.8 Å². The maximum absolute atomic E-state index is 12.4. The lowest BCUT2D eigenvalue weighted by molar-refractivity contribution is 0.567. The fraction of sp³-hybridized carbons (Fsp3) is 0.429. The standard InChI is InChI=1S/C14H21N3O2S2/c1-9-5-14(11(3)20-9)10(2)17-21(18,19)13-6-12(7-15-4)16-8-13/h5-6,8,10,15-17H,7H2,1-4H3. The summed E-state index contributed by atoms with van der Waals surface area (Å²) in [6, 6.07) is 3.44. The summed E-state index contributed by atoms with van der Waals surface area (Å²) in [6.45, 7) is 6.51. The van der Waals surface area contributed by atoms with Crippen molar-refractivity contribution in [2.45, 2.75) is 38.3 Å². The molecule has 0 aliphatic heterocycles. The van der Waals surface area contributed by atoms with E-state index in [0.29, 0.717) is 6.54 Å². The van der Waals surface area contributed by atoms with Crippen LogP contribution in [0.5, 0.6) is 0 Å². The molecule has 2 heterocycles. The van der Waals surface area contributed by atoms with Crippen LogP contribution in [0.25, 0.3) is 0 Å². The molecule has 0 saturated carbocycles. The van der Waals surface area contributed by atoms with Crippen molar-refractivity contribution in [2.75, 3.05) is 7.05 Å². The van der Waals surface area contributed by atoms with E-state index in [0.717, 1.165) is 16.1 Å². The molecule has 21 heavy (non-hydrogen) atoms. The van der Waals surface area contributed by atoms with Crippen LogP contribution in [0.15, 0.2) is 23.2 Å². The molecule has 0 aromatic carbocycles. The van der Waals surface area contributed by atoms with Crippen LogP contribution in [-0.4, -0.2) is 20.4 Å². The van der Waals surface area contributed by atoms with E-state index < -0.39 is 10.0 Å². The first kappa shape index (κ1) is 16.2. The van der Waals surface area contributed by atoms with Crippen molar-refractivity contribution in [3.63, 3.8) is 0 Å². The Hall–Kier alpha value is -1.15. The van der Waals surface area contributed by atoms with Gasteiger partial charge in [-0.05, 0) is 45.5 Å². The average molecular weight is 327 g/mol. The molecule has 0 bridgehead atoms. The van der Waals surface area contributed by atoms with E-state index in [4.69, 9.17) is 0 Å². The van der Waals surface area contributed by atoms with E-state index in [1.807, 2.05) is 33.9 Å². The number of hydrogen-bond acceptors (Lipinski definition) is 4. The van der Waals surface area contributed by atoms with Gasteiger partial charge in [-0.15, -0.1) is 11.3 Å². The number of aryl methyl sites for hydroxylation is 2. The Morgan fingerprint density at radius 2 is 2.05 bits per heavy atom. The van der Waals surface area contributed by atoms with Crippen molar-refractivity contribution >= 4 is 21.4 Å². The van der Waals surface area contributed by atoms with Gasteiger partial charge in [0.25, 0.3) is 0 Å². The molecule has 3 N–H and O–H groups in total. The second kappa shape index (κ2) is 6.31. The Balaban J connectivity index is 2.18. The fourth-order valence-electron chi connectivity index (χ4n) is 2.31. The summed E-state index contributed by atoms with van der Waals surface area (Å²) in [5, 5.41) is 2.98. The number of aromatic nitrogens is 1. The monoisotopic (exact) mass is 327 g/mol. The summed E-state index contributed by atoms with van der Waals surface area (Å²) in [5.41, 5.74) is 1.88. The number of rotatable bonds is 6. The molecule has 2 aromatic rings. The van der Waals surface area contributed by atoms with Gasteiger partial charge >= 0.3 is 0 Å². The molecule has 1 unspecified atom stereocenters. The molecule has 0 aliphatic carbocycles. The lowest BCUT2D eigenvalue weighted by atomic mass is 10.1. The molecule has 0 saturated heterocycles. The smallest absolute Gasteiger partial charge is 0.242 e. The Morgan fingerprint density at radius 1 is 1.33 bits per heavy atom. The highest BCUT2D eigenvalue weighted by atomic mass is 32.2. The molecule has 0 aliphatic rings. The predicted molar refractivity (Wildman–Crippen MR) is 86.1 cm³/mol. The van der Waals surface area contributed by atoms with Crippen molar-refractivity contribution in [3.8, 4) is 0 Å². The molecule has 2 rings (SSSR count). The van der Waals surface area contributed by atoms with Gasteiger partial charge in [-0.2, -0.15) is 0 Å². The minimum absolute atomic E-state index is 0.248. The molecular formula is C14H21N3O2S2. The molecule has 5 nitrogen and oxygen atoms in total. The summed E-state index contributed by atoms with van der Waals surface area (Å²) in [5.74, 6) is 0. The third-order valence-electron chi connectivity index (χ3n) is 3.27. The number of nitrogens with one attached hydrogen (secondary N) is 3. The van der Waals surface area contributed by atoms with Crippen LogP contribution >= 0.6 is 11.3 Å². The second-order valence-corrected chi connectivity index (χ2v) is 8.28. The van der Waals surface area contributed by atoms with Crippen LogP contribution in [-0.2, 0) is 16.6 Å². The SMILES string of the molecule is CNCc1cc(S(=O)(=O)NC(C)c2cc(C)sc2C)c[nH]1. The van der Waals surface area contributed by atoms with E-state index in [1.54, 1.807) is 17.4 Å². The molecule has 7 heteroatoms. The number of sulfonamides is 1. The van der Waals surface area contributed by atoms with E-state index in [9.17, 15) is 8.42 Å². The maximum Gasteiger partial charge on any atom is 0.242 e. The van der Waals surface area contributed by atoms with Gasteiger partial charge in [0, 0.05) is 34.2 Å². The van der Waals surface area contributed by atoms with E-state index in [1.165, 1.54) is 11.1 Å². The summed E-state index contributed by atoms with van der Waals surface area (Å²) in [6.07, 6.45) is 1.52. The first-order chi connectivity index (χ1) is 9.83. The van der Waals surface area contributed by atoms with Gasteiger partial charge in [-0.25, -0.2) is 13.1 Å². The van der Waals surface area contributed by atoms with Gasteiger partial charge in [0.2, 0.25) is 10.0 Å². The Kier molecular flexibility index (Phi) is 4.88. The molecule has 116 valence electrons. The number of hydrogen-bond donors (Lipinski definition) is 3. The Bertz CT molecular complexity index is 716. The topological polar surface area (TPSA) is 74.0 Å². The van der Waals surface area contributed by atoms with Gasteiger partial charge in [0.15, 0.2) is 0 Å². The van der Waals surface area contributed by atoms with Gasteiger partial charge in [-0.3, -0.25) is 0 Å². The first-order valence-corrected chi connectivity index (χ1v) is 9.04. The minimum Gasteiger partial charge on any atom is -0.363 e. The summed E-state index contributed by atoms with van der Waals surface area (Å²) < 4.78 is 27.5. The molecule has 0 fully saturated rings. The zero-order chi connectivity index (χ0) is 15.6. The zero-order valence-corrected chi connectivity index (χ0v) is 14.3. The first-order valence-electron chi connectivity index (χ1n) is 6.74. The van der Waals surface area contributed by atoms with Crippen molar-refractivity contribution in [1.82, 2.24) is 15.0 Å². The normalized spacial score (nSPS) is 13.5. The molecule has 0 spiro atoms. The number of aromatic amines is 1. The van der Waals surface area contributed by atoms with E-state index >= 15 is 0 Å². The lowest BCUT2D eigenvalue weighted by Crippen LogP contribution is -2.26. The highest BCUT2D eigenvalue weighted by Gasteiger charge is 2.21. The van der Waals surface area contributed by atoms with Crippen molar-refractivity contribution in [1.29, 1.82) is 0 Å². The maximum atomic E-state index is 12.4. The molecular weight excluding hydrogens is 306 g/mol. The van der Waals surface area contributed by atoms with Gasteiger partial charge < -0.3 is 10.3 Å². The van der Waals surface area contributed by atoms with Crippen LogP contribution in [0.2, 0.25) is 0 Å². The summed E-state index contributed by atoms with van der Waals surface area (Å²) in [7, 11) is -1.70. The molecule has 0 amide bonds. The molecule has 1 atom stereocenters. The minimum atomic E-state index is -3.52. The van der Waals surface area contributed by atoms with Crippen molar-refractivity contribution < 1.29 is 8.42 Å². The molecule has 2 aromatic heterocycles. The van der Waals surface area contributed by atoms with Crippen LogP contribution in [0.4, 0.5) is 0 Å². The largest absolute Gasteiger partial charge is 0.363 e. The third kappa shape index (κ3) is 3.74. The highest BCUT2D eigenvalue weighted by Crippen LogP contribution is 2.27. The van der Waals surface area contributed by atoms with Crippen LogP contribution in [0.1, 0.15) is 34.0 Å². The fourth-order valence-corrected chi connectivity index (χ4v) is 4.57.